The first kappa shape index (κ1) is 15.3. The smallest absolute Gasteiger partial charge is 0.217 e. The third-order valence-corrected chi connectivity index (χ3v) is 2.63. The number of rotatable bonds is 3. The predicted octanol–water partition coefficient (Wildman–Crippen LogP) is -4.18. The lowest BCUT2D eigenvalue weighted by Crippen LogP contribution is -2.70. The molecular formula is C10H15N2O7-. The molecule has 1 rings (SSSR count). The maximum atomic E-state index is 11.1. The zero-order valence-electron chi connectivity index (χ0n) is 10.3. The summed E-state index contributed by atoms with van der Waals surface area (Å²) in [6.07, 6.45) is -5.18. The molecule has 0 aliphatic carbocycles. The van der Waals surface area contributed by atoms with Crippen molar-refractivity contribution in [3.63, 3.8) is 0 Å². The standard InChI is InChI=1S/C10H16N2O7/c1-3(13)11-5-6(12-4(2)14)10(18)19-8(7(5)15)9(16)17/h5-8,10,15,18H,1-2H3,(H,11,13)(H,12,14)(H,16,17)/p-1/t5-,6+,7+,8+,10+/m1/s1. The van der Waals surface area contributed by atoms with Crippen LogP contribution < -0.4 is 15.7 Å². The van der Waals surface area contributed by atoms with Crippen molar-refractivity contribution in [3.8, 4) is 0 Å². The van der Waals surface area contributed by atoms with Crippen molar-refractivity contribution in [2.45, 2.75) is 44.4 Å². The predicted molar refractivity (Wildman–Crippen MR) is 57.1 cm³/mol. The van der Waals surface area contributed by atoms with Crippen LogP contribution >= 0.6 is 0 Å². The lowest BCUT2D eigenvalue weighted by molar-refractivity contribution is -0.334. The van der Waals surface area contributed by atoms with Crippen LogP contribution in [0.4, 0.5) is 0 Å². The molecule has 108 valence electrons. The van der Waals surface area contributed by atoms with Gasteiger partial charge in [0.2, 0.25) is 11.8 Å². The summed E-state index contributed by atoms with van der Waals surface area (Å²) in [6, 6.07) is -2.39. The maximum absolute atomic E-state index is 11.1. The van der Waals surface area contributed by atoms with Gasteiger partial charge >= 0.3 is 0 Å². The SMILES string of the molecule is CC(=O)N[C@H]1[C@H](O)[C@@H](C(=O)[O-])O[C@H](O)[C@H]1NC(C)=O. The van der Waals surface area contributed by atoms with Gasteiger partial charge in [-0.05, 0) is 0 Å². The van der Waals surface area contributed by atoms with Gasteiger partial charge in [0.25, 0.3) is 0 Å². The van der Waals surface area contributed by atoms with Crippen LogP contribution in [0.3, 0.4) is 0 Å². The zero-order valence-corrected chi connectivity index (χ0v) is 10.3. The Morgan fingerprint density at radius 2 is 1.53 bits per heavy atom. The summed E-state index contributed by atoms with van der Waals surface area (Å²) < 4.78 is 4.66. The van der Waals surface area contributed by atoms with E-state index < -0.39 is 48.4 Å². The molecule has 1 heterocycles. The third-order valence-electron chi connectivity index (χ3n) is 2.63. The minimum atomic E-state index is -1.81. The summed E-state index contributed by atoms with van der Waals surface area (Å²) in [7, 11) is 0. The van der Waals surface area contributed by atoms with Crippen molar-refractivity contribution >= 4 is 17.8 Å². The molecule has 1 fully saturated rings. The van der Waals surface area contributed by atoms with E-state index in [4.69, 9.17) is 0 Å². The molecule has 2 amide bonds. The molecule has 1 aliphatic heterocycles. The first-order chi connectivity index (χ1) is 8.73. The van der Waals surface area contributed by atoms with E-state index in [0.29, 0.717) is 0 Å². The van der Waals surface area contributed by atoms with E-state index in [9.17, 15) is 29.7 Å². The van der Waals surface area contributed by atoms with Gasteiger partial charge in [0.15, 0.2) is 6.29 Å². The average molecular weight is 275 g/mol. The Labute approximate surface area is 108 Å². The number of nitrogens with one attached hydrogen (secondary N) is 2. The summed E-state index contributed by atoms with van der Waals surface area (Å²) in [5, 5.41) is 34.8. The number of aliphatic hydroxyl groups is 2. The van der Waals surface area contributed by atoms with Crippen molar-refractivity contribution < 1.29 is 34.4 Å². The van der Waals surface area contributed by atoms with Crippen LogP contribution in [0.15, 0.2) is 0 Å². The van der Waals surface area contributed by atoms with E-state index in [1.165, 1.54) is 0 Å². The zero-order chi connectivity index (χ0) is 14.7. The Bertz CT molecular complexity index is 386. The van der Waals surface area contributed by atoms with Crippen molar-refractivity contribution in [3.05, 3.63) is 0 Å². The summed E-state index contributed by atoms with van der Waals surface area (Å²) >= 11 is 0. The van der Waals surface area contributed by atoms with Crippen LogP contribution in [0.1, 0.15) is 13.8 Å². The maximum Gasteiger partial charge on any atom is 0.217 e. The fraction of sp³-hybridized carbons (Fsp3) is 0.700. The second-order valence-corrected chi connectivity index (χ2v) is 4.21. The van der Waals surface area contributed by atoms with Crippen LogP contribution in [-0.4, -0.2) is 58.6 Å². The van der Waals surface area contributed by atoms with Gasteiger partial charge < -0.3 is 35.5 Å². The van der Waals surface area contributed by atoms with Crippen LogP contribution in [0, 0.1) is 0 Å². The quantitative estimate of drug-likeness (QED) is 0.408. The average Bonchev–Trinajstić information content (AvgIpc) is 2.26. The van der Waals surface area contributed by atoms with Gasteiger partial charge in [-0.3, -0.25) is 9.59 Å². The topological polar surface area (TPSA) is 148 Å². The fourth-order valence-electron chi connectivity index (χ4n) is 1.89. The van der Waals surface area contributed by atoms with Crippen LogP contribution in [0.25, 0.3) is 0 Å². The van der Waals surface area contributed by atoms with Gasteiger partial charge in [0.05, 0.1) is 12.0 Å². The molecule has 1 saturated heterocycles. The number of amides is 2. The number of hydrogen-bond acceptors (Lipinski definition) is 7. The molecule has 0 saturated carbocycles. The number of carbonyl (C=O) groups is 3. The molecule has 9 heteroatoms. The molecule has 9 nitrogen and oxygen atoms in total. The van der Waals surface area contributed by atoms with E-state index in [-0.39, 0.29) is 0 Å². The van der Waals surface area contributed by atoms with E-state index in [2.05, 4.69) is 15.4 Å². The number of carboxylic acid groups (broad SMARTS) is 1. The van der Waals surface area contributed by atoms with E-state index in [1.807, 2.05) is 0 Å². The Morgan fingerprint density at radius 3 is 1.95 bits per heavy atom. The lowest BCUT2D eigenvalue weighted by Gasteiger charge is -2.43. The second-order valence-electron chi connectivity index (χ2n) is 4.21. The number of ether oxygens (including phenoxy) is 1. The Hall–Kier alpha value is -1.71. The van der Waals surface area contributed by atoms with Gasteiger partial charge in [-0.15, -0.1) is 0 Å². The van der Waals surface area contributed by atoms with Gasteiger partial charge in [-0.2, -0.15) is 0 Å². The number of hydrogen-bond donors (Lipinski definition) is 4. The van der Waals surface area contributed by atoms with Gasteiger partial charge in [0, 0.05) is 13.8 Å². The minimum absolute atomic E-state index is 0.540. The third kappa shape index (κ3) is 3.63. The summed E-state index contributed by atoms with van der Waals surface area (Å²) in [4.78, 5) is 32.8. The molecule has 0 aromatic rings. The monoisotopic (exact) mass is 275 g/mol. The van der Waals surface area contributed by atoms with Crippen molar-refractivity contribution in [1.29, 1.82) is 0 Å². The molecule has 0 radical (unpaired) electrons. The summed E-state index contributed by atoms with van der Waals surface area (Å²) in [6.45, 7) is 2.31. The molecule has 0 aromatic heterocycles. The van der Waals surface area contributed by atoms with Crippen LogP contribution in [-0.2, 0) is 19.1 Å². The number of aliphatic hydroxyl groups excluding tert-OH is 2. The molecule has 0 bridgehead atoms. The molecule has 0 unspecified atom stereocenters. The second kappa shape index (κ2) is 5.95. The molecule has 0 spiro atoms. The van der Waals surface area contributed by atoms with E-state index in [0.717, 1.165) is 13.8 Å². The van der Waals surface area contributed by atoms with Crippen LogP contribution in [0.5, 0.6) is 0 Å². The molecule has 5 atom stereocenters. The summed E-state index contributed by atoms with van der Waals surface area (Å²) in [5.41, 5.74) is 0. The molecule has 4 N–H and O–H groups in total. The first-order valence-corrected chi connectivity index (χ1v) is 5.50. The highest BCUT2D eigenvalue weighted by molar-refractivity contribution is 5.76. The Balaban J connectivity index is 2.98. The van der Waals surface area contributed by atoms with Gasteiger partial charge in [-0.1, -0.05) is 0 Å². The van der Waals surface area contributed by atoms with E-state index >= 15 is 0 Å². The molecule has 1 aliphatic rings. The first-order valence-electron chi connectivity index (χ1n) is 5.50. The highest BCUT2D eigenvalue weighted by atomic mass is 16.6. The fourth-order valence-corrected chi connectivity index (χ4v) is 1.89. The molecule has 19 heavy (non-hydrogen) atoms. The molecular weight excluding hydrogens is 260 g/mol. The Morgan fingerprint density at radius 1 is 1.05 bits per heavy atom. The van der Waals surface area contributed by atoms with Crippen molar-refractivity contribution in [2.24, 2.45) is 0 Å². The minimum Gasteiger partial charge on any atom is -0.547 e. The number of carbonyl (C=O) groups excluding carboxylic acids is 3. The lowest BCUT2D eigenvalue weighted by atomic mass is 9.93. The number of aliphatic carboxylic acids is 1. The van der Waals surface area contributed by atoms with Gasteiger partial charge in [-0.25, -0.2) is 0 Å². The van der Waals surface area contributed by atoms with Crippen molar-refractivity contribution in [1.82, 2.24) is 10.6 Å². The van der Waals surface area contributed by atoms with Gasteiger partial charge in [0.1, 0.15) is 18.2 Å². The largest absolute Gasteiger partial charge is 0.547 e. The molecule has 0 aromatic carbocycles. The summed E-state index contributed by atoms with van der Waals surface area (Å²) in [5.74, 6) is -2.84. The van der Waals surface area contributed by atoms with Crippen LogP contribution in [0.2, 0.25) is 0 Å². The van der Waals surface area contributed by atoms with E-state index in [1.54, 1.807) is 0 Å². The van der Waals surface area contributed by atoms with Crippen molar-refractivity contribution in [2.75, 3.05) is 0 Å². The Kier molecular flexibility index (Phi) is 4.81. The normalized spacial score (nSPS) is 34.4. The highest BCUT2D eigenvalue weighted by Crippen LogP contribution is 2.20. The highest BCUT2D eigenvalue weighted by Gasteiger charge is 2.46. The number of carboxylic acids is 1.